The Balaban J connectivity index is 1.92. The number of hydrogen-bond donors (Lipinski definition) is 1. The third kappa shape index (κ3) is 3.39. The average molecular weight is 300 g/mol. The second-order valence-electron chi connectivity index (χ2n) is 5.80. The molecule has 114 valence electrons. The zero-order valence-corrected chi connectivity index (χ0v) is 13.2. The molecule has 2 rings (SSSR count). The summed E-state index contributed by atoms with van der Waals surface area (Å²) >= 11 is 0. The number of nitrogens with zero attached hydrogens (tertiary/aromatic N) is 3. The van der Waals surface area contributed by atoms with Crippen LogP contribution in [-0.2, 0) is 10.0 Å². The van der Waals surface area contributed by atoms with Gasteiger partial charge in [0.2, 0.25) is 0 Å². The standard InChI is InChI=1S/C13H24N4O2S/c1-11(2)16(3)9-12-4-6-17(7-5-12)20(18,19)13-8-14-10-15-13/h8,10-12H,4-7,9H2,1-3H3,(H,14,15). The van der Waals surface area contributed by atoms with Crippen molar-refractivity contribution in [2.45, 2.75) is 37.8 Å². The van der Waals surface area contributed by atoms with Gasteiger partial charge in [-0.05, 0) is 39.7 Å². The maximum Gasteiger partial charge on any atom is 0.260 e. The Morgan fingerprint density at radius 3 is 2.60 bits per heavy atom. The fourth-order valence-corrected chi connectivity index (χ4v) is 3.84. The molecule has 0 aromatic carbocycles. The summed E-state index contributed by atoms with van der Waals surface area (Å²) in [5.74, 6) is 0.579. The number of imidazole rings is 1. The van der Waals surface area contributed by atoms with Crippen molar-refractivity contribution in [1.29, 1.82) is 0 Å². The molecule has 1 aliphatic heterocycles. The lowest BCUT2D eigenvalue weighted by molar-refractivity contribution is 0.181. The maximum atomic E-state index is 12.3. The number of nitrogens with one attached hydrogen (secondary N) is 1. The molecule has 1 aliphatic rings. The Morgan fingerprint density at radius 2 is 2.10 bits per heavy atom. The normalized spacial score (nSPS) is 19.1. The monoisotopic (exact) mass is 300 g/mol. The second kappa shape index (κ2) is 6.24. The molecule has 6 nitrogen and oxygen atoms in total. The van der Waals surface area contributed by atoms with Crippen molar-refractivity contribution in [3.8, 4) is 0 Å². The molecule has 0 unspecified atom stereocenters. The molecule has 0 atom stereocenters. The van der Waals surface area contributed by atoms with E-state index >= 15 is 0 Å². The number of sulfonamides is 1. The van der Waals surface area contributed by atoms with Crippen molar-refractivity contribution in [2.24, 2.45) is 5.92 Å². The molecule has 7 heteroatoms. The molecule has 0 saturated carbocycles. The largest absolute Gasteiger partial charge is 0.335 e. The van der Waals surface area contributed by atoms with Crippen LogP contribution in [-0.4, -0.2) is 60.3 Å². The molecular weight excluding hydrogens is 276 g/mol. The molecule has 0 amide bonds. The number of aromatic nitrogens is 2. The van der Waals surface area contributed by atoms with E-state index in [4.69, 9.17) is 0 Å². The summed E-state index contributed by atoms with van der Waals surface area (Å²) in [5, 5.41) is 0.190. The number of hydrogen-bond acceptors (Lipinski definition) is 4. The van der Waals surface area contributed by atoms with E-state index in [-0.39, 0.29) is 5.03 Å². The van der Waals surface area contributed by atoms with Gasteiger partial charge in [0.15, 0.2) is 5.03 Å². The molecule has 1 saturated heterocycles. The summed E-state index contributed by atoms with van der Waals surface area (Å²) in [6.07, 6.45) is 4.61. The summed E-state index contributed by atoms with van der Waals surface area (Å²) in [5.41, 5.74) is 0. The molecule has 2 heterocycles. The van der Waals surface area contributed by atoms with Gasteiger partial charge in [-0.15, -0.1) is 0 Å². The SMILES string of the molecule is CC(C)N(C)CC1CCN(S(=O)(=O)c2cnc[nH]2)CC1. The molecule has 1 aromatic heterocycles. The van der Waals surface area contributed by atoms with Crippen LogP contribution < -0.4 is 0 Å². The summed E-state index contributed by atoms with van der Waals surface area (Å²) in [6, 6.07) is 0.529. The van der Waals surface area contributed by atoms with E-state index in [1.165, 1.54) is 12.5 Å². The zero-order valence-electron chi connectivity index (χ0n) is 12.4. The van der Waals surface area contributed by atoms with Crippen molar-refractivity contribution in [3.63, 3.8) is 0 Å². The first-order chi connectivity index (χ1) is 9.41. The van der Waals surface area contributed by atoms with Gasteiger partial charge in [-0.25, -0.2) is 13.4 Å². The van der Waals surface area contributed by atoms with Crippen LogP contribution in [0.15, 0.2) is 17.6 Å². The van der Waals surface area contributed by atoms with Crippen LogP contribution >= 0.6 is 0 Å². The van der Waals surface area contributed by atoms with Gasteiger partial charge in [-0.2, -0.15) is 4.31 Å². The highest BCUT2D eigenvalue weighted by Crippen LogP contribution is 2.23. The minimum Gasteiger partial charge on any atom is -0.335 e. The number of rotatable bonds is 5. The second-order valence-corrected chi connectivity index (χ2v) is 7.70. The minimum atomic E-state index is -3.39. The van der Waals surface area contributed by atoms with Crippen molar-refractivity contribution in [3.05, 3.63) is 12.5 Å². The Bertz CT molecular complexity index is 504. The average Bonchev–Trinajstić information content (AvgIpc) is 2.93. The lowest BCUT2D eigenvalue weighted by atomic mass is 9.97. The van der Waals surface area contributed by atoms with Gasteiger partial charge in [0.05, 0.1) is 12.5 Å². The smallest absolute Gasteiger partial charge is 0.260 e. The van der Waals surface area contributed by atoms with Crippen molar-refractivity contribution in [2.75, 3.05) is 26.7 Å². The van der Waals surface area contributed by atoms with Gasteiger partial charge in [-0.1, -0.05) is 0 Å². The van der Waals surface area contributed by atoms with E-state index in [9.17, 15) is 8.42 Å². The summed E-state index contributed by atoms with van der Waals surface area (Å²) < 4.78 is 26.2. The minimum absolute atomic E-state index is 0.190. The lowest BCUT2D eigenvalue weighted by Gasteiger charge is -2.34. The van der Waals surface area contributed by atoms with E-state index in [0.717, 1.165) is 19.4 Å². The third-order valence-corrected chi connectivity index (χ3v) is 5.92. The van der Waals surface area contributed by atoms with Crippen molar-refractivity contribution in [1.82, 2.24) is 19.2 Å². The third-order valence-electron chi connectivity index (χ3n) is 4.09. The van der Waals surface area contributed by atoms with Gasteiger partial charge < -0.3 is 9.88 Å². The molecule has 0 bridgehead atoms. The van der Waals surface area contributed by atoms with Gasteiger partial charge in [-0.3, -0.25) is 0 Å². The van der Waals surface area contributed by atoms with Crippen LogP contribution in [0, 0.1) is 5.92 Å². The molecule has 1 N–H and O–H groups in total. The summed E-state index contributed by atoms with van der Waals surface area (Å²) in [7, 11) is -1.26. The van der Waals surface area contributed by atoms with Crippen LogP contribution in [0.5, 0.6) is 0 Å². The molecular formula is C13H24N4O2S. The van der Waals surface area contributed by atoms with Crippen LogP contribution in [0.3, 0.4) is 0 Å². The number of H-pyrrole nitrogens is 1. The first-order valence-corrected chi connectivity index (χ1v) is 8.54. The molecule has 20 heavy (non-hydrogen) atoms. The Morgan fingerprint density at radius 1 is 1.45 bits per heavy atom. The molecule has 1 fully saturated rings. The fourth-order valence-electron chi connectivity index (χ4n) is 2.47. The van der Waals surface area contributed by atoms with E-state index in [1.54, 1.807) is 4.31 Å². The van der Waals surface area contributed by atoms with Crippen LogP contribution in [0.4, 0.5) is 0 Å². The topological polar surface area (TPSA) is 69.3 Å². The van der Waals surface area contributed by atoms with Crippen LogP contribution in [0.25, 0.3) is 0 Å². The molecule has 0 radical (unpaired) electrons. The van der Waals surface area contributed by atoms with Crippen LogP contribution in [0.1, 0.15) is 26.7 Å². The van der Waals surface area contributed by atoms with Gasteiger partial charge in [0.1, 0.15) is 0 Å². The number of aromatic amines is 1. The van der Waals surface area contributed by atoms with Gasteiger partial charge in [0.25, 0.3) is 10.0 Å². The first-order valence-electron chi connectivity index (χ1n) is 7.10. The number of piperidine rings is 1. The molecule has 1 aromatic rings. The quantitative estimate of drug-likeness (QED) is 0.885. The van der Waals surface area contributed by atoms with E-state index in [2.05, 4.69) is 35.8 Å². The lowest BCUT2D eigenvalue weighted by Crippen LogP contribution is -2.42. The molecule has 0 aliphatic carbocycles. The van der Waals surface area contributed by atoms with E-state index in [0.29, 0.717) is 25.0 Å². The highest BCUT2D eigenvalue weighted by molar-refractivity contribution is 7.89. The Kier molecular flexibility index (Phi) is 4.82. The highest BCUT2D eigenvalue weighted by Gasteiger charge is 2.30. The van der Waals surface area contributed by atoms with Crippen molar-refractivity contribution >= 4 is 10.0 Å². The fraction of sp³-hybridized carbons (Fsp3) is 0.769. The predicted molar refractivity (Wildman–Crippen MR) is 77.8 cm³/mol. The zero-order chi connectivity index (χ0) is 14.8. The van der Waals surface area contributed by atoms with Gasteiger partial charge in [0, 0.05) is 25.7 Å². The Hall–Kier alpha value is -0.920. The maximum absolute atomic E-state index is 12.3. The first kappa shape index (κ1) is 15.5. The molecule has 0 spiro atoms. The Labute approximate surface area is 121 Å². The van der Waals surface area contributed by atoms with E-state index in [1.807, 2.05) is 0 Å². The summed E-state index contributed by atoms with van der Waals surface area (Å²) in [4.78, 5) is 8.80. The van der Waals surface area contributed by atoms with Gasteiger partial charge >= 0.3 is 0 Å². The summed E-state index contributed by atoms with van der Waals surface area (Å²) in [6.45, 7) is 6.58. The van der Waals surface area contributed by atoms with E-state index < -0.39 is 10.0 Å². The predicted octanol–water partition coefficient (Wildman–Crippen LogP) is 1.15. The van der Waals surface area contributed by atoms with Crippen LogP contribution in [0.2, 0.25) is 0 Å². The highest BCUT2D eigenvalue weighted by atomic mass is 32.2. The van der Waals surface area contributed by atoms with Crippen molar-refractivity contribution < 1.29 is 8.42 Å².